The Labute approximate surface area is 182 Å². The molecule has 1 aliphatic rings. The van der Waals surface area contributed by atoms with Crippen molar-refractivity contribution in [2.24, 2.45) is 0 Å². The number of rotatable bonds is 3. The van der Waals surface area contributed by atoms with Gasteiger partial charge in [-0.15, -0.1) is 11.3 Å². The minimum absolute atomic E-state index is 0.102. The van der Waals surface area contributed by atoms with E-state index in [-0.39, 0.29) is 11.7 Å². The lowest BCUT2D eigenvalue weighted by Gasteiger charge is -2.36. The van der Waals surface area contributed by atoms with Gasteiger partial charge in [-0.2, -0.15) is 0 Å². The number of nitrogen functional groups attached to an aromatic ring is 1. The molecule has 158 valence electrons. The molecular weight excluding hydrogens is 415 g/mol. The number of hydrogen-bond acceptors (Lipinski definition) is 6. The number of thiophene rings is 1. The molecule has 4 aromatic rings. The molecule has 1 fully saturated rings. The molecule has 8 heteroatoms. The molecule has 6 nitrogen and oxygen atoms in total. The Balaban J connectivity index is 1.40. The maximum Gasteiger partial charge on any atom is 0.266 e. The van der Waals surface area contributed by atoms with Crippen molar-refractivity contribution in [1.29, 1.82) is 0 Å². The van der Waals surface area contributed by atoms with Crippen LogP contribution in [0.25, 0.3) is 21.1 Å². The van der Waals surface area contributed by atoms with Crippen LogP contribution in [0.2, 0.25) is 0 Å². The third-order valence-corrected chi connectivity index (χ3v) is 6.78. The summed E-state index contributed by atoms with van der Waals surface area (Å²) in [6, 6.07) is 14.3. The number of benzene rings is 2. The number of nitrogens with zero attached hydrogens (tertiary/aromatic N) is 3. The fourth-order valence-corrected chi connectivity index (χ4v) is 5.02. The van der Waals surface area contributed by atoms with Gasteiger partial charge in [-0.05, 0) is 36.4 Å². The van der Waals surface area contributed by atoms with E-state index in [9.17, 15) is 9.18 Å². The average molecular weight is 437 g/mol. The number of hydrogen-bond donors (Lipinski definition) is 1. The normalized spacial score (nSPS) is 14.4. The number of amides is 1. The van der Waals surface area contributed by atoms with Gasteiger partial charge in [0.25, 0.3) is 5.91 Å². The second kappa shape index (κ2) is 7.70. The monoisotopic (exact) mass is 436 g/mol. The number of piperazine rings is 1. The maximum absolute atomic E-state index is 14.1. The van der Waals surface area contributed by atoms with E-state index in [1.165, 1.54) is 17.4 Å². The largest absolute Gasteiger partial charge is 0.497 e. The molecule has 0 radical (unpaired) electrons. The van der Waals surface area contributed by atoms with E-state index >= 15 is 0 Å². The van der Waals surface area contributed by atoms with Gasteiger partial charge in [-0.3, -0.25) is 4.79 Å². The summed E-state index contributed by atoms with van der Waals surface area (Å²) in [5.41, 5.74) is 8.23. The van der Waals surface area contributed by atoms with E-state index in [1.807, 2.05) is 35.2 Å². The first-order chi connectivity index (χ1) is 15.0. The molecule has 0 unspecified atom stereocenters. The molecule has 2 aromatic heterocycles. The summed E-state index contributed by atoms with van der Waals surface area (Å²) in [7, 11) is 1.62. The number of carbonyl (C=O) groups excluding carboxylic acids is 1. The predicted octanol–water partition coefficient (Wildman–Crippen LogP) is 4.14. The maximum atomic E-state index is 14.1. The molecule has 31 heavy (non-hydrogen) atoms. The zero-order valence-corrected chi connectivity index (χ0v) is 17.8. The van der Waals surface area contributed by atoms with Crippen LogP contribution in [-0.2, 0) is 0 Å². The third-order valence-electron chi connectivity index (χ3n) is 5.67. The molecule has 0 spiro atoms. The van der Waals surface area contributed by atoms with Crippen molar-refractivity contribution in [2.45, 2.75) is 0 Å². The first kappa shape index (κ1) is 19.6. The van der Waals surface area contributed by atoms with E-state index in [0.29, 0.717) is 42.4 Å². The molecule has 5 rings (SSSR count). The summed E-state index contributed by atoms with van der Waals surface area (Å²) < 4.78 is 19.4. The minimum atomic E-state index is -0.245. The number of anilines is 2. The van der Waals surface area contributed by atoms with Gasteiger partial charge in [0.15, 0.2) is 0 Å². The molecule has 3 heterocycles. The molecule has 1 aliphatic heterocycles. The van der Waals surface area contributed by atoms with E-state index in [4.69, 9.17) is 10.5 Å². The van der Waals surface area contributed by atoms with Gasteiger partial charge < -0.3 is 20.3 Å². The van der Waals surface area contributed by atoms with Crippen molar-refractivity contribution >= 4 is 49.7 Å². The van der Waals surface area contributed by atoms with E-state index in [1.54, 1.807) is 24.1 Å². The molecule has 0 aliphatic carbocycles. The average Bonchev–Trinajstić information content (AvgIpc) is 3.12. The molecule has 1 saturated heterocycles. The number of para-hydroxylation sites is 1. The number of carbonyl (C=O) groups is 1. The fraction of sp³-hybridized carbons (Fsp3) is 0.217. The van der Waals surface area contributed by atoms with Crippen LogP contribution in [0.5, 0.6) is 5.75 Å². The van der Waals surface area contributed by atoms with Gasteiger partial charge in [0, 0.05) is 37.0 Å². The topological polar surface area (TPSA) is 71.7 Å². The highest BCUT2D eigenvalue weighted by atomic mass is 32.1. The van der Waals surface area contributed by atoms with Crippen molar-refractivity contribution in [3.8, 4) is 5.75 Å². The quantitative estimate of drug-likeness (QED) is 0.523. The summed E-state index contributed by atoms with van der Waals surface area (Å²) in [5.74, 6) is 0.396. The Hall–Kier alpha value is -3.39. The van der Waals surface area contributed by atoms with E-state index in [0.717, 1.165) is 26.9 Å². The second-order valence-electron chi connectivity index (χ2n) is 7.48. The van der Waals surface area contributed by atoms with Crippen molar-refractivity contribution in [2.75, 3.05) is 43.9 Å². The Morgan fingerprint density at radius 3 is 2.65 bits per heavy atom. The van der Waals surface area contributed by atoms with Crippen molar-refractivity contribution in [1.82, 2.24) is 9.88 Å². The van der Waals surface area contributed by atoms with Crippen LogP contribution < -0.4 is 15.4 Å². The Morgan fingerprint density at radius 2 is 1.90 bits per heavy atom. The van der Waals surface area contributed by atoms with Gasteiger partial charge in [-0.25, -0.2) is 9.37 Å². The van der Waals surface area contributed by atoms with Gasteiger partial charge >= 0.3 is 0 Å². The van der Waals surface area contributed by atoms with Crippen LogP contribution >= 0.6 is 11.3 Å². The highest BCUT2D eigenvalue weighted by molar-refractivity contribution is 7.21. The van der Waals surface area contributed by atoms with Crippen LogP contribution in [0.15, 0.2) is 48.5 Å². The van der Waals surface area contributed by atoms with E-state index in [2.05, 4.69) is 4.98 Å². The fourth-order valence-electron chi connectivity index (χ4n) is 3.97. The Bertz CT molecular complexity index is 1300. The van der Waals surface area contributed by atoms with Crippen LogP contribution in [0.1, 0.15) is 9.67 Å². The highest BCUT2D eigenvalue weighted by Gasteiger charge is 2.27. The minimum Gasteiger partial charge on any atom is -0.497 e. The molecule has 2 N–H and O–H groups in total. The lowest BCUT2D eigenvalue weighted by molar-refractivity contribution is 0.0752. The molecular formula is C23H21FN4O2S. The lowest BCUT2D eigenvalue weighted by atomic mass is 10.1. The first-order valence-electron chi connectivity index (χ1n) is 10.0. The number of nitrogens with two attached hydrogens (primary N) is 1. The van der Waals surface area contributed by atoms with Crippen molar-refractivity contribution < 1.29 is 13.9 Å². The van der Waals surface area contributed by atoms with Crippen molar-refractivity contribution in [3.63, 3.8) is 0 Å². The highest BCUT2D eigenvalue weighted by Crippen LogP contribution is 2.36. The number of ether oxygens (including phenoxy) is 1. The molecule has 2 aromatic carbocycles. The van der Waals surface area contributed by atoms with Crippen LogP contribution in [0, 0.1) is 5.82 Å². The van der Waals surface area contributed by atoms with Gasteiger partial charge in [0.05, 0.1) is 24.0 Å². The van der Waals surface area contributed by atoms with E-state index < -0.39 is 0 Å². The van der Waals surface area contributed by atoms with Gasteiger partial charge in [-0.1, -0.05) is 12.1 Å². The number of methoxy groups -OCH3 is 1. The predicted molar refractivity (Wildman–Crippen MR) is 123 cm³/mol. The SMILES string of the molecule is COc1ccc2nc3sc(C(=O)N4CCN(c5ccccc5F)CC4)c(N)c3cc2c1. The summed E-state index contributed by atoms with van der Waals surface area (Å²) in [5, 5.41) is 1.69. The molecule has 0 saturated carbocycles. The smallest absolute Gasteiger partial charge is 0.266 e. The Morgan fingerprint density at radius 1 is 1.13 bits per heavy atom. The molecule has 1 amide bonds. The standard InChI is InChI=1S/C23H21FN4O2S/c1-30-15-6-7-18-14(12-15)13-16-20(25)21(31-22(16)26-18)23(29)28-10-8-27(9-11-28)19-5-3-2-4-17(19)24/h2-7,12-13H,8-11,25H2,1H3. The third kappa shape index (κ3) is 3.42. The summed E-state index contributed by atoms with van der Waals surface area (Å²) in [4.78, 5) is 22.9. The van der Waals surface area contributed by atoms with Crippen LogP contribution in [0.4, 0.5) is 15.8 Å². The van der Waals surface area contributed by atoms with Crippen molar-refractivity contribution in [3.05, 3.63) is 59.2 Å². The zero-order chi connectivity index (χ0) is 21.5. The van der Waals surface area contributed by atoms with Crippen LogP contribution in [0.3, 0.4) is 0 Å². The summed E-state index contributed by atoms with van der Waals surface area (Å²) in [6.45, 7) is 2.15. The van der Waals surface area contributed by atoms with Gasteiger partial charge in [0.1, 0.15) is 21.3 Å². The number of aromatic nitrogens is 1. The first-order valence-corrected chi connectivity index (χ1v) is 10.8. The number of pyridine rings is 1. The van der Waals surface area contributed by atoms with Crippen LogP contribution in [-0.4, -0.2) is 49.1 Å². The zero-order valence-electron chi connectivity index (χ0n) is 17.0. The molecule has 0 bridgehead atoms. The summed E-state index contributed by atoms with van der Waals surface area (Å²) >= 11 is 1.32. The second-order valence-corrected chi connectivity index (χ2v) is 8.47. The lowest BCUT2D eigenvalue weighted by Crippen LogP contribution is -2.49. The summed E-state index contributed by atoms with van der Waals surface area (Å²) in [6.07, 6.45) is 0. The number of halogens is 1. The van der Waals surface area contributed by atoms with Gasteiger partial charge in [0.2, 0.25) is 0 Å². The molecule has 0 atom stereocenters. The Kier molecular flexibility index (Phi) is 4.86. The number of fused-ring (bicyclic) bond motifs is 2.